The summed E-state index contributed by atoms with van der Waals surface area (Å²) in [4.78, 5) is 17.2. The van der Waals surface area contributed by atoms with Crippen LogP contribution in [0.5, 0.6) is 0 Å². The summed E-state index contributed by atoms with van der Waals surface area (Å²) in [6.45, 7) is 1.25. The number of nitrogens with zero attached hydrogens (tertiary/aromatic N) is 2. The van der Waals surface area contributed by atoms with E-state index < -0.39 is 5.97 Å². The van der Waals surface area contributed by atoms with Crippen LogP contribution in [0.4, 0.5) is 0 Å². The van der Waals surface area contributed by atoms with E-state index in [1.54, 1.807) is 11.3 Å². The summed E-state index contributed by atoms with van der Waals surface area (Å²) >= 11 is 1.68. The van der Waals surface area contributed by atoms with E-state index in [4.69, 9.17) is 5.11 Å². The number of benzene rings is 1. The fraction of sp³-hybridized carbons (Fsp3) is 0.375. The van der Waals surface area contributed by atoms with Gasteiger partial charge in [-0.1, -0.05) is 30.3 Å². The molecule has 0 unspecified atom stereocenters. The number of carbonyl (C=O) groups is 1. The molecule has 0 saturated heterocycles. The molecule has 1 aromatic heterocycles. The van der Waals surface area contributed by atoms with Crippen LogP contribution in [0.25, 0.3) is 0 Å². The van der Waals surface area contributed by atoms with Crippen molar-refractivity contribution >= 4 is 17.3 Å². The second kappa shape index (κ2) is 7.90. The maximum atomic E-state index is 10.5. The second-order valence-electron chi connectivity index (χ2n) is 5.10. The van der Waals surface area contributed by atoms with Crippen LogP contribution < -0.4 is 0 Å². The minimum Gasteiger partial charge on any atom is -0.481 e. The molecule has 0 aliphatic rings. The van der Waals surface area contributed by atoms with Crippen LogP contribution in [-0.4, -0.2) is 34.6 Å². The van der Waals surface area contributed by atoms with Crippen molar-refractivity contribution in [2.24, 2.45) is 0 Å². The predicted octanol–water partition coefficient (Wildman–Crippen LogP) is 2.83. The number of carboxylic acid groups (broad SMARTS) is 1. The Balaban J connectivity index is 1.79. The summed E-state index contributed by atoms with van der Waals surface area (Å²) < 4.78 is 0. The van der Waals surface area contributed by atoms with Crippen LogP contribution >= 0.6 is 11.3 Å². The van der Waals surface area contributed by atoms with E-state index in [0.29, 0.717) is 13.1 Å². The normalized spacial score (nSPS) is 11.0. The Labute approximate surface area is 129 Å². The largest absolute Gasteiger partial charge is 0.481 e. The van der Waals surface area contributed by atoms with E-state index in [2.05, 4.69) is 34.6 Å². The van der Waals surface area contributed by atoms with Gasteiger partial charge in [0, 0.05) is 24.9 Å². The fourth-order valence-corrected chi connectivity index (χ4v) is 2.86. The highest BCUT2D eigenvalue weighted by atomic mass is 32.1. The Morgan fingerprint density at radius 3 is 2.76 bits per heavy atom. The molecule has 0 spiro atoms. The number of hydrogen-bond acceptors (Lipinski definition) is 4. The molecule has 1 aromatic carbocycles. The summed E-state index contributed by atoms with van der Waals surface area (Å²) in [5, 5.41) is 11.9. The van der Waals surface area contributed by atoms with Gasteiger partial charge in [0.15, 0.2) is 0 Å². The molecule has 21 heavy (non-hydrogen) atoms. The summed E-state index contributed by atoms with van der Waals surface area (Å²) in [5.41, 5.74) is 2.35. The average molecular weight is 304 g/mol. The molecule has 0 amide bonds. The van der Waals surface area contributed by atoms with Gasteiger partial charge in [0.25, 0.3) is 0 Å². The van der Waals surface area contributed by atoms with Gasteiger partial charge < -0.3 is 5.11 Å². The third-order valence-electron chi connectivity index (χ3n) is 3.21. The fourth-order valence-electron chi connectivity index (χ4n) is 2.07. The number of aromatic nitrogens is 1. The van der Waals surface area contributed by atoms with Gasteiger partial charge >= 0.3 is 5.97 Å². The quantitative estimate of drug-likeness (QED) is 0.815. The molecule has 2 rings (SSSR count). The lowest BCUT2D eigenvalue weighted by atomic mass is 10.1. The third kappa shape index (κ3) is 5.65. The molecular formula is C16H20N2O2S. The molecule has 5 heteroatoms. The van der Waals surface area contributed by atoms with E-state index in [9.17, 15) is 4.79 Å². The Morgan fingerprint density at radius 1 is 1.29 bits per heavy atom. The molecule has 0 radical (unpaired) electrons. The van der Waals surface area contributed by atoms with Crippen LogP contribution in [0.15, 0.2) is 35.7 Å². The molecule has 0 bridgehead atoms. The predicted molar refractivity (Wildman–Crippen MR) is 84.6 cm³/mol. The van der Waals surface area contributed by atoms with Crippen LogP contribution in [0.3, 0.4) is 0 Å². The second-order valence-corrected chi connectivity index (χ2v) is 6.04. The average Bonchev–Trinajstić information content (AvgIpc) is 2.91. The number of rotatable bonds is 8. The molecule has 0 atom stereocenters. The van der Waals surface area contributed by atoms with Crippen molar-refractivity contribution in [2.75, 3.05) is 13.6 Å². The van der Waals surface area contributed by atoms with Gasteiger partial charge in [-0.15, -0.1) is 11.3 Å². The van der Waals surface area contributed by atoms with Crippen molar-refractivity contribution in [1.82, 2.24) is 9.88 Å². The Bertz CT molecular complexity index is 569. The van der Waals surface area contributed by atoms with Gasteiger partial charge in [0.1, 0.15) is 0 Å². The van der Waals surface area contributed by atoms with Gasteiger partial charge in [0.05, 0.1) is 17.1 Å². The van der Waals surface area contributed by atoms with Crippen LogP contribution in [-0.2, 0) is 24.2 Å². The first-order valence-electron chi connectivity index (χ1n) is 7.01. The molecule has 112 valence electrons. The third-order valence-corrected chi connectivity index (χ3v) is 4.17. The first-order valence-corrected chi connectivity index (χ1v) is 7.89. The zero-order chi connectivity index (χ0) is 15.1. The molecule has 0 fully saturated rings. The molecule has 1 heterocycles. The highest BCUT2D eigenvalue weighted by molar-refractivity contribution is 7.09. The molecule has 1 N–H and O–H groups in total. The molecule has 4 nitrogen and oxygen atoms in total. The van der Waals surface area contributed by atoms with Crippen LogP contribution in [0, 0.1) is 0 Å². The molecular weight excluding hydrogens is 284 g/mol. The topological polar surface area (TPSA) is 53.4 Å². The van der Waals surface area contributed by atoms with E-state index in [0.717, 1.165) is 23.5 Å². The molecule has 2 aromatic rings. The molecule has 0 aliphatic carbocycles. The maximum Gasteiger partial charge on any atom is 0.304 e. The van der Waals surface area contributed by atoms with Crippen molar-refractivity contribution in [1.29, 1.82) is 0 Å². The van der Waals surface area contributed by atoms with Gasteiger partial charge in [0.2, 0.25) is 0 Å². The van der Waals surface area contributed by atoms with Crippen LogP contribution in [0.1, 0.15) is 22.7 Å². The monoisotopic (exact) mass is 304 g/mol. The van der Waals surface area contributed by atoms with E-state index >= 15 is 0 Å². The van der Waals surface area contributed by atoms with E-state index in [1.165, 1.54) is 5.56 Å². The first kappa shape index (κ1) is 15.7. The highest BCUT2D eigenvalue weighted by Gasteiger charge is 2.07. The smallest absolute Gasteiger partial charge is 0.304 e. The summed E-state index contributed by atoms with van der Waals surface area (Å²) in [6, 6.07) is 10.4. The number of thiazole rings is 1. The lowest BCUT2D eigenvalue weighted by molar-refractivity contribution is -0.137. The standard InChI is InChI=1S/C16H20N2O2S/c1-18(10-9-16(19)20)11-14-12-21-15(17-14)8-7-13-5-3-2-4-6-13/h2-6,12H,7-11H2,1H3,(H,19,20). The summed E-state index contributed by atoms with van der Waals surface area (Å²) in [6.07, 6.45) is 2.12. The molecule has 0 saturated carbocycles. The van der Waals surface area contributed by atoms with Crippen molar-refractivity contribution in [3.8, 4) is 0 Å². The van der Waals surface area contributed by atoms with Crippen molar-refractivity contribution in [2.45, 2.75) is 25.8 Å². The van der Waals surface area contributed by atoms with Gasteiger partial charge in [-0.2, -0.15) is 0 Å². The van der Waals surface area contributed by atoms with Crippen molar-refractivity contribution in [3.05, 3.63) is 52.0 Å². The highest BCUT2D eigenvalue weighted by Crippen LogP contribution is 2.14. The minimum atomic E-state index is -0.760. The van der Waals surface area contributed by atoms with Gasteiger partial charge in [-0.3, -0.25) is 9.69 Å². The number of aliphatic carboxylic acids is 1. The Morgan fingerprint density at radius 2 is 2.05 bits per heavy atom. The van der Waals surface area contributed by atoms with Crippen molar-refractivity contribution in [3.63, 3.8) is 0 Å². The first-order chi connectivity index (χ1) is 10.1. The van der Waals surface area contributed by atoms with Crippen LogP contribution in [0.2, 0.25) is 0 Å². The lowest BCUT2D eigenvalue weighted by Crippen LogP contribution is -2.21. The Hall–Kier alpha value is -1.72. The van der Waals surface area contributed by atoms with Gasteiger partial charge in [-0.25, -0.2) is 4.98 Å². The van der Waals surface area contributed by atoms with E-state index in [1.807, 2.05) is 18.0 Å². The summed E-state index contributed by atoms with van der Waals surface area (Å²) in [5.74, 6) is -0.760. The van der Waals surface area contributed by atoms with E-state index in [-0.39, 0.29) is 6.42 Å². The number of aryl methyl sites for hydroxylation is 2. The summed E-state index contributed by atoms with van der Waals surface area (Å²) in [7, 11) is 1.92. The minimum absolute atomic E-state index is 0.168. The number of hydrogen-bond donors (Lipinski definition) is 1. The zero-order valence-corrected chi connectivity index (χ0v) is 13.0. The van der Waals surface area contributed by atoms with Gasteiger partial charge in [-0.05, 0) is 19.0 Å². The van der Waals surface area contributed by atoms with Crippen molar-refractivity contribution < 1.29 is 9.90 Å². The zero-order valence-electron chi connectivity index (χ0n) is 12.2. The lowest BCUT2D eigenvalue weighted by Gasteiger charge is -2.13. The SMILES string of the molecule is CN(CCC(=O)O)Cc1csc(CCc2ccccc2)n1. The number of carboxylic acids is 1. The molecule has 0 aliphatic heterocycles. The Kier molecular flexibility index (Phi) is 5.90. The maximum absolute atomic E-state index is 10.5.